The number of ether oxygens (including phenoxy) is 1. The molecular weight excluding hydrogens is 164 g/mol. The molecule has 3 heteroatoms. The maximum Gasteiger partial charge on any atom is 0.0959 e. The minimum atomic E-state index is 0.711. The van der Waals surface area contributed by atoms with Crippen LogP contribution in [0.15, 0.2) is 24.5 Å². The highest BCUT2D eigenvalue weighted by atomic mass is 16.5. The van der Waals surface area contributed by atoms with Crippen LogP contribution in [0.2, 0.25) is 0 Å². The van der Waals surface area contributed by atoms with Gasteiger partial charge in [0.2, 0.25) is 0 Å². The molecule has 0 saturated carbocycles. The second-order valence-electron chi connectivity index (χ2n) is 3.28. The summed E-state index contributed by atoms with van der Waals surface area (Å²) in [4.78, 5) is 4.34. The predicted molar refractivity (Wildman–Crippen MR) is 49.4 cm³/mol. The minimum absolute atomic E-state index is 0.711. The molecule has 3 rings (SSSR count). The highest BCUT2D eigenvalue weighted by Gasteiger charge is 2.10. The van der Waals surface area contributed by atoms with E-state index in [9.17, 15) is 0 Å². The maximum absolute atomic E-state index is 5.48. The number of rotatable bonds is 0. The lowest BCUT2D eigenvalue weighted by atomic mass is 10.2. The molecule has 0 amide bonds. The highest BCUT2D eigenvalue weighted by molar-refractivity contribution is 5.79. The van der Waals surface area contributed by atoms with Gasteiger partial charge in [-0.05, 0) is 6.07 Å². The second kappa shape index (κ2) is 2.57. The molecule has 0 bridgehead atoms. The van der Waals surface area contributed by atoms with E-state index in [1.807, 2.05) is 18.5 Å². The topological polar surface area (TPSA) is 27.1 Å². The largest absolute Gasteiger partial charge is 0.375 e. The molecule has 0 fully saturated rings. The molecule has 0 spiro atoms. The summed E-state index contributed by atoms with van der Waals surface area (Å²) >= 11 is 0. The monoisotopic (exact) mass is 174 g/mol. The predicted octanol–water partition coefficient (Wildman–Crippen LogP) is 1.57. The van der Waals surface area contributed by atoms with Crippen molar-refractivity contribution in [3.05, 3.63) is 30.1 Å². The molecule has 1 aliphatic rings. The average molecular weight is 174 g/mol. The fraction of sp³-hybridized carbons (Fsp3) is 0.300. The van der Waals surface area contributed by atoms with Crippen molar-refractivity contribution in [2.24, 2.45) is 0 Å². The zero-order valence-electron chi connectivity index (χ0n) is 7.23. The van der Waals surface area contributed by atoms with Crippen LogP contribution < -0.4 is 0 Å². The van der Waals surface area contributed by atoms with E-state index in [2.05, 4.69) is 15.6 Å². The van der Waals surface area contributed by atoms with Crippen LogP contribution in [0, 0.1) is 0 Å². The van der Waals surface area contributed by atoms with Gasteiger partial charge < -0.3 is 9.30 Å². The molecule has 0 N–H and O–H groups in total. The third-order valence-electron chi connectivity index (χ3n) is 2.46. The van der Waals surface area contributed by atoms with Crippen LogP contribution in [0.25, 0.3) is 11.0 Å². The molecule has 1 aliphatic heterocycles. The van der Waals surface area contributed by atoms with Crippen molar-refractivity contribution in [1.29, 1.82) is 0 Å². The van der Waals surface area contributed by atoms with Crippen molar-refractivity contribution in [3.63, 3.8) is 0 Å². The Morgan fingerprint density at radius 3 is 3.38 bits per heavy atom. The van der Waals surface area contributed by atoms with Crippen LogP contribution in [0.4, 0.5) is 0 Å². The van der Waals surface area contributed by atoms with Gasteiger partial charge in [0, 0.05) is 12.1 Å². The summed E-state index contributed by atoms with van der Waals surface area (Å²) in [7, 11) is 0. The number of imidazole rings is 1. The van der Waals surface area contributed by atoms with E-state index >= 15 is 0 Å². The van der Waals surface area contributed by atoms with Gasteiger partial charge in [0.15, 0.2) is 0 Å². The van der Waals surface area contributed by atoms with Gasteiger partial charge in [-0.3, -0.25) is 0 Å². The zero-order valence-corrected chi connectivity index (χ0v) is 7.23. The first-order chi connectivity index (χ1) is 6.45. The van der Waals surface area contributed by atoms with Crippen LogP contribution in [0.3, 0.4) is 0 Å². The number of para-hydroxylation sites is 1. The Morgan fingerprint density at radius 1 is 1.38 bits per heavy atom. The van der Waals surface area contributed by atoms with Crippen molar-refractivity contribution >= 4 is 11.0 Å². The molecule has 0 radical (unpaired) electrons. The summed E-state index contributed by atoms with van der Waals surface area (Å²) in [5, 5.41) is 0. The van der Waals surface area contributed by atoms with Gasteiger partial charge in [0.25, 0.3) is 0 Å². The Labute approximate surface area is 76.0 Å². The van der Waals surface area contributed by atoms with E-state index in [-0.39, 0.29) is 0 Å². The lowest BCUT2D eigenvalue weighted by Gasteiger charge is -1.99. The molecule has 1 aromatic heterocycles. The molecule has 0 saturated heterocycles. The summed E-state index contributed by atoms with van der Waals surface area (Å²) in [6.07, 6.45) is 1.89. The van der Waals surface area contributed by atoms with E-state index in [1.165, 1.54) is 11.1 Å². The van der Waals surface area contributed by atoms with Crippen molar-refractivity contribution in [1.82, 2.24) is 9.55 Å². The molecule has 2 aromatic rings. The van der Waals surface area contributed by atoms with E-state index in [0.29, 0.717) is 6.61 Å². The number of benzene rings is 1. The lowest BCUT2D eigenvalue weighted by Crippen LogP contribution is -1.99. The summed E-state index contributed by atoms with van der Waals surface area (Å²) in [6, 6.07) is 6.18. The smallest absolute Gasteiger partial charge is 0.0959 e. The summed E-state index contributed by atoms with van der Waals surface area (Å²) < 4.78 is 7.64. The van der Waals surface area contributed by atoms with Crippen molar-refractivity contribution in [2.45, 2.75) is 13.2 Å². The quantitative estimate of drug-likeness (QED) is 0.606. The van der Waals surface area contributed by atoms with Gasteiger partial charge in [0.1, 0.15) is 0 Å². The lowest BCUT2D eigenvalue weighted by molar-refractivity contribution is 0.119. The highest BCUT2D eigenvalue weighted by Crippen LogP contribution is 2.20. The third kappa shape index (κ3) is 0.971. The van der Waals surface area contributed by atoms with E-state index in [4.69, 9.17) is 4.74 Å². The molecule has 66 valence electrons. The molecule has 3 nitrogen and oxygen atoms in total. The summed E-state index contributed by atoms with van der Waals surface area (Å²) in [5.74, 6) is 0. The Balaban J connectivity index is 2.40. The first-order valence-electron chi connectivity index (χ1n) is 4.45. The standard InChI is InChI=1S/C10H10N2O/c1-2-8-6-13-5-4-12-7-11-9(3-1)10(8)12/h1-3,7H,4-6H2. The molecule has 0 unspecified atom stereocenters. The van der Waals surface area contributed by atoms with Gasteiger partial charge in [0.05, 0.1) is 30.6 Å². The summed E-state index contributed by atoms with van der Waals surface area (Å²) in [6.45, 7) is 2.40. The van der Waals surface area contributed by atoms with Gasteiger partial charge in [-0.2, -0.15) is 0 Å². The van der Waals surface area contributed by atoms with Crippen LogP contribution in [-0.4, -0.2) is 16.2 Å². The van der Waals surface area contributed by atoms with E-state index in [0.717, 1.165) is 18.7 Å². The fourth-order valence-electron chi connectivity index (χ4n) is 1.83. The van der Waals surface area contributed by atoms with E-state index < -0.39 is 0 Å². The SMILES string of the molecule is c1cc2c3c(c1)ncn3CCOC2. The Bertz CT molecular complexity index is 447. The van der Waals surface area contributed by atoms with Gasteiger partial charge in [-0.25, -0.2) is 4.98 Å². The first kappa shape index (κ1) is 7.09. The van der Waals surface area contributed by atoms with Crippen LogP contribution in [0.1, 0.15) is 5.56 Å². The Hall–Kier alpha value is -1.35. The minimum Gasteiger partial charge on any atom is -0.375 e. The zero-order chi connectivity index (χ0) is 8.67. The number of nitrogens with zero attached hydrogens (tertiary/aromatic N) is 2. The van der Waals surface area contributed by atoms with Crippen LogP contribution >= 0.6 is 0 Å². The van der Waals surface area contributed by atoms with Gasteiger partial charge >= 0.3 is 0 Å². The second-order valence-corrected chi connectivity index (χ2v) is 3.28. The number of hydrogen-bond acceptors (Lipinski definition) is 2. The molecule has 0 atom stereocenters. The number of hydrogen-bond donors (Lipinski definition) is 0. The van der Waals surface area contributed by atoms with Crippen molar-refractivity contribution in [2.75, 3.05) is 6.61 Å². The van der Waals surface area contributed by atoms with Crippen molar-refractivity contribution in [3.8, 4) is 0 Å². The Kier molecular flexibility index (Phi) is 1.40. The molecule has 13 heavy (non-hydrogen) atoms. The normalized spacial score (nSPS) is 16.0. The molecule has 1 aromatic carbocycles. The van der Waals surface area contributed by atoms with Gasteiger partial charge in [-0.1, -0.05) is 12.1 Å². The van der Waals surface area contributed by atoms with Crippen molar-refractivity contribution < 1.29 is 4.74 Å². The number of aromatic nitrogens is 2. The average Bonchev–Trinajstić information content (AvgIpc) is 2.44. The summed E-state index contributed by atoms with van der Waals surface area (Å²) in [5.41, 5.74) is 3.55. The van der Waals surface area contributed by atoms with Crippen LogP contribution in [-0.2, 0) is 17.9 Å². The molecular formula is C10H10N2O. The fourth-order valence-corrected chi connectivity index (χ4v) is 1.83. The first-order valence-corrected chi connectivity index (χ1v) is 4.45. The van der Waals surface area contributed by atoms with Gasteiger partial charge in [-0.15, -0.1) is 0 Å². The van der Waals surface area contributed by atoms with E-state index in [1.54, 1.807) is 0 Å². The third-order valence-corrected chi connectivity index (χ3v) is 2.46. The molecule has 2 heterocycles. The Morgan fingerprint density at radius 2 is 2.38 bits per heavy atom. The van der Waals surface area contributed by atoms with Crippen LogP contribution in [0.5, 0.6) is 0 Å². The maximum atomic E-state index is 5.48. The molecule has 0 aliphatic carbocycles.